The van der Waals surface area contributed by atoms with Crippen LogP contribution in [0.3, 0.4) is 0 Å². The molecular formula is C22H26N6OS. The topological polar surface area (TPSA) is 86.8 Å². The number of aromatic amines is 1. The van der Waals surface area contributed by atoms with Crippen LogP contribution in [0.5, 0.6) is 0 Å². The van der Waals surface area contributed by atoms with Crippen molar-refractivity contribution < 1.29 is 4.79 Å². The van der Waals surface area contributed by atoms with Crippen molar-refractivity contribution in [1.82, 2.24) is 24.8 Å². The van der Waals surface area contributed by atoms with Crippen molar-refractivity contribution in [1.29, 1.82) is 0 Å². The molecule has 8 heteroatoms. The van der Waals surface area contributed by atoms with Gasteiger partial charge in [0.1, 0.15) is 17.8 Å². The summed E-state index contributed by atoms with van der Waals surface area (Å²) in [5.41, 5.74) is 2.46. The average molecular weight is 423 g/mol. The largest absolute Gasteiger partial charge is 0.366 e. The molecule has 0 fully saturated rings. The highest BCUT2D eigenvalue weighted by Gasteiger charge is 2.19. The molecule has 1 aromatic carbocycles. The Hall–Kier alpha value is -3.00. The Morgan fingerprint density at radius 2 is 2.10 bits per heavy atom. The summed E-state index contributed by atoms with van der Waals surface area (Å²) in [4.78, 5) is 31.0. The van der Waals surface area contributed by atoms with Crippen LogP contribution in [-0.2, 0) is 0 Å². The molecule has 0 radical (unpaired) electrons. The zero-order valence-corrected chi connectivity index (χ0v) is 18.5. The first-order valence-electron chi connectivity index (χ1n) is 10.1. The highest BCUT2D eigenvalue weighted by atomic mass is 32.1. The van der Waals surface area contributed by atoms with E-state index in [4.69, 9.17) is 0 Å². The number of fused-ring (bicyclic) bond motifs is 2. The number of nitrogens with zero attached hydrogens (tertiary/aromatic N) is 4. The number of aromatic nitrogens is 4. The van der Waals surface area contributed by atoms with E-state index >= 15 is 0 Å². The molecule has 1 atom stereocenters. The van der Waals surface area contributed by atoms with Crippen molar-refractivity contribution >= 4 is 44.3 Å². The maximum atomic E-state index is 12.9. The second-order valence-corrected chi connectivity index (χ2v) is 9.12. The summed E-state index contributed by atoms with van der Waals surface area (Å²) in [5, 5.41) is 5.54. The van der Waals surface area contributed by atoms with E-state index in [1.54, 1.807) is 22.6 Å². The van der Waals surface area contributed by atoms with Crippen LogP contribution in [0.2, 0.25) is 0 Å². The third-order valence-electron chi connectivity index (χ3n) is 5.35. The van der Waals surface area contributed by atoms with Gasteiger partial charge in [0.15, 0.2) is 0 Å². The van der Waals surface area contributed by atoms with E-state index in [0.29, 0.717) is 18.0 Å². The van der Waals surface area contributed by atoms with Gasteiger partial charge in [-0.15, -0.1) is 11.3 Å². The minimum Gasteiger partial charge on any atom is -0.366 e. The van der Waals surface area contributed by atoms with Crippen molar-refractivity contribution in [3.8, 4) is 0 Å². The minimum absolute atomic E-state index is 0.0283. The molecule has 0 bridgehead atoms. The standard InChI is InChI=1S/C22H26N6OS/c1-13(2)17(27-21-16-7-9-23-20(16)24-12-25-21)8-10-28(4)22(29)15-5-6-18-19(11-15)30-14(3)26-18/h5-7,9,11-13,17H,8,10H2,1-4H3,(H2,23,24,25,27)/t17-/m1/s1. The Morgan fingerprint density at radius 1 is 1.27 bits per heavy atom. The summed E-state index contributed by atoms with van der Waals surface area (Å²) >= 11 is 1.61. The number of hydrogen-bond acceptors (Lipinski definition) is 6. The van der Waals surface area contributed by atoms with E-state index in [9.17, 15) is 4.79 Å². The summed E-state index contributed by atoms with van der Waals surface area (Å²) in [6.07, 6.45) is 4.24. The molecule has 4 aromatic rings. The fraction of sp³-hybridized carbons (Fsp3) is 0.364. The van der Waals surface area contributed by atoms with Crippen molar-refractivity contribution in [2.24, 2.45) is 5.92 Å². The number of amides is 1. The molecule has 0 spiro atoms. The predicted molar refractivity (Wildman–Crippen MR) is 122 cm³/mol. The first-order valence-corrected chi connectivity index (χ1v) is 10.9. The van der Waals surface area contributed by atoms with Crippen LogP contribution in [0.4, 0.5) is 5.82 Å². The molecule has 0 aliphatic heterocycles. The zero-order chi connectivity index (χ0) is 21.3. The summed E-state index contributed by atoms with van der Waals surface area (Å²) in [7, 11) is 1.86. The third kappa shape index (κ3) is 4.14. The number of carbonyl (C=O) groups excluding carboxylic acids is 1. The van der Waals surface area contributed by atoms with E-state index < -0.39 is 0 Å². The number of rotatable bonds is 7. The van der Waals surface area contributed by atoms with Gasteiger partial charge >= 0.3 is 0 Å². The third-order valence-corrected chi connectivity index (χ3v) is 6.28. The molecule has 30 heavy (non-hydrogen) atoms. The Bertz CT molecular complexity index is 1180. The van der Waals surface area contributed by atoms with Gasteiger partial charge < -0.3 is 15.2 Å². The molecule has 0 aliphatic carbocycles. The van der Waals surface area contributed by atoms with Crippen LogP contribution < -0.4 is 5.32 Å². The van der Waals surface area contributed by atoms with Gasteiger partial charge in [-0.3, -0.25) is 4.79 Å². The lowest BCUT2D eigenvalue weighted by Crippen LogP contribution is -2.34. The number of thiazole rings is 1. The molecule has 1 amide bonds. The molecular weight excluding hydrogens is 396 g/mol. The van der Waals surface area contributed by atoms with Crippen molar-refractivity contribution in [2.45, 2.75) is 33.2 Å². The Balaban J connectivity index is 1.43. The lowest BCUT2D eigenvalue weighted by molar-refractivity contribution is 0.0790. The van der Waals surface area contributed by atoms with Gasteiger partial charge in [-0.05, 0) is 43.5 Å². The first-order chi connectivity index (χ1) is 14.4. The Labute approximate surface area is 179 Å². The van der Waals surface area contributed by atoms with Crippen LogP contribution in [0.1, 0.15) is 35.6 Å². The summed E-state index contributed by atoms with van der Waals surface area (Å²) in [6, 6.07) is 7.89. The fourth-order valence-corrected chi connectivity index (χ4v) is 4.43. The number of aryl methyl sites for hydroxylation is 1. The highest BCUT2D eigenvalue weighted by molar-refractivity contribution is 7.18. The summed E-state index contributed by atoms with van der Waals surface area (Å²) in [5.74, 6) is 1.23. The van der Waals surface area contributed by atoms with Crippen LogP contribution >= 0.6 is 11.3 Å². The summed E-state index contributed by atoms with van der Waals surface area (Å²) < 4.78 is 1.05. The lowest BCUT2D eigenvalue weighted by atomic mass is 10.0. The maximum Gasteiger partial charge on any atom is 0.253 e. The molecule has 0 aliphatic rings. The Kier molecular flexibility index (Phi) is 5.67. The molecule has 0 saturated carbocycles. The van der Waals surface area contributed by atoms with Gasteiger partial charge in [-0.2, -0.15) is 0 Å². The minimum atomic E-state index is 0.0283. The number of hydrogen-bond donors (Lipinski definition) is 2. The number of anilines is 1. The monoisotopic (exact) mass is 422 g/mol. The maximum absolute atomic E-state index is 12.9. The number of benzene rings is 1. The van der Waals surface area contributed by atoms with Crippen LogP contribution in [0.25, 0.3) is 21.3 Å². The van der Waals surface area contributed by atoms with Crippen molar-refractivity contribution in [3.05, 3.63) is 47.4 Å². The average Bonchev–Trinajstić information content (AvgIpc) is 3.35. The molecule has 156 valence electrons. The van der Waals surface area contributed by atoms with E-state index in [0.717, 1.165) is 38.5 Å². The van der Waals surface area contributed by atoms with Crippen LogP contribution in [0, 0.1) is 12.8 Å². The fourth-order valence-electron chi connectivity index (χ4n) is 3.56. The molecule has 0 saturated heterocycles. The highest BCUT2D eigenvalue weighted by Crippen LogP contribution is 2.24. The SMILES string of the molecule is Cc1nc2ccc(C(=O)N(C)CC[C@@H](Nc3ncnc4[nH]ccc34)C(C)C)cc2s1. The number of H-pyrrole nitrogens is 1. The van der Waals surface area contributed by atoms with E-state index in [-0.39, 0.29) is 11.9 Å². The molecule has 4 rings (SSSR count). The predicted octanol–water partition coefficient (Wildman–Crippen LogP) is 4.47. The molecule has 7 nitrogen and oxygen atoms in total. The number of carbonyl (C=O) groups is 1. The van der Waals surface area contributed by atoms with Crippen LogP contribution in [-0.4, -0.2) is 50.4 Å². The molecule has 2 N–H and O–H groups in total. The van der Waals surface area contributed by atoms with Crippen LogP contribution in [0.15, 0.2) is 36.8 Å². The van der Waals surface area contributed by atoms with Gasteiger partial charge in [-0.1, -0.05) is 13.8 Å². The molecule has 3 heterocycles. The van der Waals surface area contributed by atoms with E-state index in [1.165, 1.54) is 0 Å². The second-order valence-electron chi connectivity index (χ2n) is 7.89. The van der Waals surface area contributed by atoms with Crippen molar-refractivity contribution in [2.75, 3.05) is 18.9 Å². The van der Waals surface area contributed by atoms with Gasteiger partial charge in [0, 0.05) is 31.4 Å². The normalized spacial score (nSPS) is 12.6. The van der Waals surface area contributed by atoms with E-state index in [2.05, 4.69) is 39.1 Å². The van der Waals surface area contributed by atoms with Gasteiger partial charge in [0.25, 0.3) is 5.91 Å². The Morgan fingerprint density at radius 3 is 2.90 bits per heavy atom. The zero-order valence-electron chi connectivity index (χ0n) is 17.6. The van der Waals surface area contributed by atoms with Gasteiger partial charge in [0.2, 0.25) is 0 Å². The first kappa shape index (κ1) is 20.3. The lowest BCUT2D eigenvalue weighted by Gasteiger charge is -2.26. The van der Waals surface area contributed by atoms with E-state index in [1.807, 2.05) is 44.4 Å². The molecule has 0 unspecified atom stereocenters. The molecule has 3 aromatic heterocycles. The quantitative estimate of drug-likeness (QED) is 0.459. The van der Waals surface area contributed by atoms with Gasteiger partial charge in [-0.25, -0.2) is 15.0 Å². The van der Waals surface area contributed by atoms with Gasteiger partial charge in [0.05, 0.1) is 20.6 Å². The smallest absolute Gasteiger partial charge is 0.253 e. The van der Waals surface area contributed by atoms with Crippen molar-refractivity contribution in [3.63, 3.8) is 0 Å². The summed E-state index contributed by atoms with van der Waals surface area (Å²) in [6.45, 7) is 6.98. The second kappa shape index (κ2) is 8.39. The number of nitrogens with one attached hydrogen (secondary N) is 2.